The zero-order valence-electron chi connectivity index (χ0n) is 9.01. The third kappa shape index (κ3) is 3.69. The maximum Gasteiger partial charge on any atom is 0.0719 e. The molecule has 0 N–H and O–H groups in total. The van der Waals surface area contributed by atoms with Crippen molar-refractivity contribution in [2.45, 2.75) is 27.4 Å². The van der Waals surface area contributed by atoms with Crippen LogP contribution >= 0.6 is 11.6 Å². The Balaban J connectivity index is 2.51. The Morgan fingerprint density at radius 1 is 1.36 bits per heavy atom. The molecule has 0 radical (unpaired) electrons. The molecule has 0 saturated heterocycles. The van der Waals surface area contributed by atoms with Crippen LogP contribution in [0, 0.1) is 12.8 Å². The molecule has 0 aliphatic carbocycles. The molecule has 0 unspecified atom stereocenters. The second kappa shape index (κ2) is 5.38. The lowest BCUT2D eigenvalue weighted by molar-refractivity contribution is 0.0967. The first kappa shape index (κ1) is 11.5. The first-order chi connectivity index (χ1) is 6.59. The van der Waals surface area contributed by atoms with Crippen molar-refractivity contribution >= 4 is 11.6 Å². The highest BCUT2D eigenvalue weighted by atomic mass is 35.5. The van der Waals surface area contributed by atoms with Crippen LogP contribution in [0.15, 0.2) is 18.2 Å². The monoisotopic (exact) mass is 212 g/mol. The van der Waals surface area contributed by atoms with E-state index < -0.39 is 0 Å². The van der Waals surface area contributed by atoms with Crippen LogP contribution in [0.25, 0.3) is 0 Å². The van der Waals surface area contributed by atoms with Gasteiger partial charge in [0.1, 0.15) is 0 Å². The minimum Gasteiger partial charge on any atom is -0.376 e. The smallest absolute Gasteiger partial charge is 0.0719 e. The summed E-state index contributed by atoms with van der Waals surface area (Å²) < 4.78 is 5.56. The molecule has 0 fully saturated rings. The normalized spacial score (nSPS) is 10.9. The molecule has 0 amide bonds. The van der Waals surface area contributed by atoms with Crippen LogP contribution in [-0.4, -0.2) is 6.61 Å². The van der Waals surface area contributed by atoms with Crippen molar-refractivity contribution in [1.82, 2.24) is 0 Å². The molecule has 1 aromatic rings. The summed E-state index contributed by atoms with van der Waals surface area (Å²) in [5, 5.41) is 0.787. The Morgan fingerprint density at radius 3 is 2.64 bits per heavy atom. The van der Waals surface area contributed by atoms with E-state index in [-0.39, 0.29) is 0 Å². The van der Waals surface area contributed by atoms with Gasteiger partial charge in [0.25, 0.3) is 0 Å². The average Bonchev–Trinajstić information content (AvgIpc) is 2.08. The summed E-state index contributed by atoms with van der Waals surface area (Å²) in [6.07, 6.45) is 0. The SMILES string of the molecule is Cc1cc(Cl)ccc1COCC(C)C. The largest absolute Gasteiger partial charge is 0.376 e. The van der Waals surface area contributed by atoms with Crippen molar-refractivity contribution in [1.29, 1.82) is 0 Å². The molecule has 0 spiro atoms. The van der Waals surface area contributed by atoms with Gasteiger partial charge in [-0.25, -0.2) is 0 Å². The van der Waals surface area contributed by atoms with Crippen LogP contribution in [0.3, 0.4) is 0 Å². The van der Waals surface area contributed by atoms with Crippen molar-refractivity contribution in [3.8, 4) is 0 Å². The van der Waals surface area contributed by atoms with Gasteiger partial charge in [0.2, 0.25) is 0 Å². The van der Waals surface area contributed by atoms with Crippen LogP contribution in [0.2, 0.25) is 5.02 Å². The maximum atomic E-state index is 5.86. The fraction of sp³-hybridized carbons (Fsp3) is 0.500. The van der Waals surface area contributed by atoms with E-state index in [1.165, 1.54) is 11.1 Å². The van der Waals surface area contributed by atoms with Crippen LogP contribution in [0.4, 0.5) is 0 Å². The summed E-state index contributed by atoms with van der Waals surface area (Å²) in [5.41, 5.74) is 2.41. The highest BCUT2D eigenvalue weighted by Gasteiger charge is 2.00. The number of rotatable bonds is 4. The first-order valence-corrected chi connectivity index (χ1v) is 5.30. The minimum atomic E-state index is 0.586. The number of hydrogen-bond acceptors (Lipinski definition) is 1. The highest BCUT2D eigenvalue weighted by molar-refractivity contribution is 6.30. The van der Waals surface area contributed by atoms with E-state index >= 15 is 0 Å². The third-order valence-electron chi connectivity index (χ3n) is 2.01. The van der Waals surface area contributed by atoms with Crippen LogP contribution < -0.4 is 0 Å². The summed E-state index contributed by atoms with van der Waals surface area (Å²) in [6.45, 7) is 7.84. The van der Waals surface area contributed by atoms with Gasteiger partial charge < -0.3 is 4.74 Å². The summed E-state index contributed by atoms with van der Waals surface area (Å²) in [4.78, 5) is 0. The van der Waals surface area contributed by atoms with E-state index in [9.17, 15) is 0 Å². The van der Waals surface area contributed by atoms with Gasteiger partial charge in [0.05, 0.1) is 6.61 Å². The number of ether oxygens (including phenoxy) is 1. The lowest BCUT2D eigenvalue weighted by Gasteiger charge is -2.09. The van der Waals surface area contributed by atoms with Gasteiger partial charge in [-0.3, -0.25) is 0 Å². The lowest BCUT2D eigenvalue weighted by atomic mass is 10.1. The Bertz CT molecular complexity index is 294. The molecule has 0 heterocycles. The van der Waals surface area contributed by atoms with Gasteiger partial charge in [0, 0.05) is 11.6 Å². The van der Waals surface area contributed by atoms with Crippen LogP contribution in [-0.2, 0) is 11.3 Å². The third-order valence-corrected chi connectivity index (χ3v) is 2.25. The quantitative estimate of drug-likeness (QED) is 0.738. The van der Waals surface area contributed by atoms with E-state index in [0.29, 0.717) is 12.5 Å². The van der Waals surface area contributed by atoms with Crippen LogP contribution in [0.5, 0.6) is 0 Å². The number of benzene rings is 1. The molecule has 78 valence electrons. The number of hydrogen-bond donors (Lipinski definition) is 0. The average molecular weight is 213 g/mol. The molecule has 1 aromatic carbocycles. The van der Waals surface area contributed by atoms with Crippen molar-refractivity contribution < 1.29 is 4.74 Å². The molecule has 0 bridgehead atoms. The van der Waals surface area contributed by atoms with Crippen molar-refractivity contribution in [2.24, 2.45) is 5.92 Å². The molecule has 1 nitrogen and oxygen atoms in total. The van der Waals surface area contributed by atoms with Crippen molar-refractivity contribution in [2.75, 3.05) is 6.61 Å². The van der Waals surface area contributed by atoms with Gasteiger partial charge >= 0.3 is 0 Å². The topological polar surface area (TPSA) is 9.23 Å². The van der Waals surface area contributed by atoms with Gasteiger partial charge in [-0.05, 0) is 36.1 Å². The Kier molecular flexibility index (Phi) is 4.43. The van der Waals surface area contributed by atoms with E-state index in [1.807, 2.05) is 18.2 Å². The second-order valence-electron chi connectivity index (χ2n) is 3.98. The lowest BCUT2D eigenvalue weighted by Crippen LogP contribution is -2.02. The fourth-order valence-corrected chi connectivity index (χ4v) is 1.45. The number of halogens is 1. The molecule has 1 rings (SSSR count). The van der Waals surface area contributed by atoms with E-state index in [0.717, 1.165) is 11.6 Å². The predicted octanol–water partition coefficient (Wildman–Crippen LogP) is 3.82. The molecule has 0 saturated carbocycles. The molecule has 0 aliphatic heterocycles. The summed E-state index contributed by atoms with van der Waals surface area (Å²) >= 11 is 5.86. The van der Waals surface area contributed by atoms with E-state index in [4.69, 9.17) is 16.3 Å². The summed E-state index contributed by atoms with van der Waals surface area (Å²) in [5.74, 6) is 0.586. The summed E-state index contributed by atoms with van der Waals surface area (Å²) in [7, 11) is 0. The molecular formula is C12H17ClO. The zero-order valence-corrected chi connectivity index (χ0v) is 9.77. The Morgan fingerprint density at radius 2 is 2.07 bits per heavy atom. The molecular weight excluding hydrogens is 196 g/mol. The Hall–Kier alpha value is -0.530. The molecule has 2 heteroatoms. The van der Waals surface area contributed by atoms with Crippen LogP contribution in [0.1, 0.15) is 25.0 Å². The highest BCUT2D eigenvalue weighted by Crippen LogP contribution is 2.16. The minimum absolute atomic E-state index is 0.586. The molecule has 0 aliphatic rings. The van der Waals surface area contributed by atoms with Crippen molar-refractivity contribution in [3.05, 3.63) is 34.3 Å². The molecule has 14 heavy (non-hydrogen) atoms. The second-order valence-corrected chi connectivity index (χ2v) is 4.42. The first-order valence-electron chi connectivity index (χ1n) is 4.92. The predicted molar refractivity (Wildman–Crippen MR) is 60.7 cm³/mol. The maximum absolute atomic E-state index is 5.86. The van der Waals surface area contributed by atoms with Gasteiger partial charge in [-0.15, -0.1) is 0 Å². The summed E-state index contributed by atoms with van der Waals surface area (Å²) in [6, 6.07) is 5.90. The van der Waals surface area contributed by atoms with Gasteiger partial charge in [-0.2, -0.15) is 0 Å². The van der Waals surface area contributed by atoms with Crippen molar-refractivity contribution in [3.63, 3.8) is 0 Å². The Labute approximate surface area is 91.0 Å². The number of aryl methyl sites for hydroxylation is 1. The molecule has 0 aromatic heterocycles. The fourth-order valence-electron chi connectivity index (χ4n) is 1.23. The van der Waals surface area contributed by atoms with Gasteiger partial charge in [0.15, 0.2) is 0 Å². The molecule has 0 atom stereocenters. The van der Waals surface area contributed by atoms with E-state index in [1.54, 1.807) is 0 Å². The standard InChI is InChI=1S/C12H17ClO/c1-9(2)7-14-8-11-4-5-12(13)6-10(11)3/h4-6,9H,7-8H2,1-3H3. The van der Waals surface area contributed by atoms with Gasteiger partial charge in [-0.1, -0.05) is 31.5 Å². The van der Waals surface area contributed by atoms with E-state index in [2.05, 4.69) is 20.8 Å². The zero-order chi connectivity index (χ0) is 10.6.